The van der Waals surface area contributed by atoms with Crippen molar-refractivity contribution in [1.29, 1.82) is 5.26 Å². The zero-order valence-corrected chi connectivity index (χ0v) is 17.8. The van der Waals surface area contributed by atoms with Gasteiger partial charge in [-0.25, -0.2) is 4.98 Å². The van der Waals surface area contributed by atoms with Gasteiger partial charge >= 0.3 is 0 Å². The van der Waals surface area contributed by atoms with E-state index in [1.54, 1.807) is 0 Å². The largest absolute Gasteiger partial charge is 0.379 e. The predicted molar refractivity (Wildman–Crippen MR) is 111 cm³/mol. The number of aromatic nitrogens is 1. The minimum atomic E-state index is -0.799. The zero-order chi connectivity index (χ0) is 19.8. The summed E-state index contributed by atoms with van der Waals surface area (Å²) in [6.07, 6.45) is 7.98. The fourth-order valence-electron chi connectivity index (χ4n) is 6.58. The molecule has 1 saturated heterocycles. The Balaban J connectivity index is 1.23. The number of ether oxygens (including phenoxy) is 1. The highest BCUT2D eigenvalue weighted by Gasteiger charge is 2.52. The molecule has 5 aliphatic rings. The lowest BCUT2D eigenvalue weighted by Gasteiger charge is -2.56. The molecule has 0 radical (unpaired) electrons. The molecule has 4 saturated carbocycles. The Bertz CT molecular complexity index is 760. The van der Waals surface area contributed by atoms with Crippen LogP contribution in [0.5, 0.6) is 0 Å². The Morgan fingerprint density at radius 1 is 1.28 bits per heavy atom. The molecule has 1 atom stereocenters. The molecule has 1 aromatic heterocycles. The van der Waals surface area contributed by atoms with Crippen LogP contribution in [0.25, 0.3) is 0 Å². The molecule has 1 amide bonds. The highest BCUT2D eigenvalue weighted by atomic mass is 32.1. The van der Waals surface area contributed by atoms with Crippen LogP contribution < -0.4 is 5.32 Å². The second-order valence-corrected chi connectivity index (χ2v) is 10.5. The summed E-state index contributed by atoms with van der Waals surface area (Å²) in [7, 11) is 0. The lowest BCUT2D eigenvalue weighted by molar-refractivity contribution is -0.121. The third-order valence-electron chi connectivity index (χ3n) is 7.57. The fourth-order valence-corrected chi connectivity index (χ4v) is 7.56. The lowest BCUT2D eigenvalue weighted by Crippen LogP contribution is -2.48. The summed E-state index contributed by atoms with van der Waals surface area (Å²) in [5.74, 6) is 1.57. The summed E-state index contributed by atoms with van der Waals surface area (Å²) >= 11 is 1.50. The average molecular weight is 415 g/mol. The minimum Gasteiger partial charge on any atom is -0.379 e. The topological polar surface area (TPSA) is 78.2 Å². The second kappa shape index (κ2) is 7.98. The number of carbonyl (C=O) groups is 1. The van der Waals surface area contributed by atoms with Crippen molar-refractivity contribution >= 4 is 17.2 Å². The van der Waals surface area contributed by atoms with Crippen LogP contribution in [-0.2, 0) is 14.9 Å². The number of nitrogens with zero attached hydrogens (tertiary/aromatic N) is 3. The van der Waals surface area contributed by atoms with E-state index in [9.17, 15) is 10.1 Å². The van der Waals surface area contributed by atoms with Crippen LogP contribution in [0.1, 0.15) is 55.1 Å². The van der Waals surface area contributed by atoms with Crippen LogP contribution in [0.15, 0.2) is 5.38 Å². The third-order valence-corrected chi connectivity index (χ3v) is 8.48. The monoisotopic (exact) mass is 414 g/mol. The molecule has 1 aliphatic heterocycles. The van der Waals surface area contributed by atoms with Crippen LogP contribution in [0.3, 0.4) is 0 Å². The van der Waals surface area contributed by atoms with Crippen molar-refractivity contribution in [1.82, 2.24) is 15.2 Å². The van der Waals surface area contributed by atoms with Crippen molar-refractivity contribution in [3.8, 4) is 6.07 Å². The molecule has 1 aromatic rings. The van der Waals surface area contributed by atoms with E-state index in [2.05, 4.69) is 21.7 Å². The van der Waals surface area contributed by atoms with Gasteiger partial charge in [-0.3, -0.25) is 9.69 Å². The molecule has 0 spiro atoms. The maximum atomic E-state index is 12.7. The molecule has 2 heterocycles. The van der Waals surface area contributed by atoms with Crippen molar-refractivity contribution in [2.24, 2.45) is 17.8 Å². The van der Waals surface area contributed by atoms with Gasteiger partial charge in [0.25, 0.3) is 0 Å². The van der Waals surface area contributed by atoms with E-state index in [-0.39, 0.29) is 11.3 Å². The molecule has 6 rings (SSSR count). The van der Waals surface area contributed by atoms with E-state index in [1.807, 2.05) is 0 Å². The van der Waals surface area contributed by atoms with Gasteiger partial charge in [-0.05, 0) is 56.3 Å². The molecule has 4 aliphatic carbocycles. The third kappa shape index (κ3) is 3.83. The van der Waals surface area contributed by atoms with Gasteiger partial charge in [0.05, 0.1) is 25.0 Å². The first-order valence-electron chi connectivity index (χ1n) is 11.1. The minimum absolute atomic E-state index is 0.216. The number of thiazole rings is 1. The maximum Gasteiger partial charge on any atom is 0.244 e. The Hall–Kier alpha value is -1.49. The summed E-state index contributed by atoms with van der Waals surface area (Å²) in [4.78, 5) is 19.8. The van der Waals surface area contributed by atoms with Gasteiger partial charge in [0, 0.05) is 37.0 Å². The zero-order valence-electron chi connectivity index (χ0n) is 16.9. The molecule has 0 aromatic carbocycles. The maximum absolute atomic E-state index is 12.7. The van der Waals surface area contributed by atoms with E-state index < -0.39 is 5.92 Å². The second-order valence-electron chi connectivity index (χ2n) is 9.58. The Morgan fingerprint density at radius 2 is 1.93 bits per heavy atom. The molecular weight excluding hydrogens is 384 g/mol. The number of morpholine rings is 1. The summed E-state index contributed by atoms with van der Waals surface area (Å²) < 4.78 is 5.35. The Kier molecular flexibility index (Phi) is 5.35. The number of carbonyl (C=O) groups excluding carboxylic acids is 1. The molecule has 7 heteroatoms. The number of rotatable bonds is 6. The van der Waals surface area contributed by atoms with Crippen molar-refractivity contribution in [2.75, 3.05) is 39.4 Å². The summed E-state index contributed by atoms with van der Waals surface area (Å²) in [6.45, 7) is 4.66. The molecule has 156 valence electrons. The van der Waals surface area contributed by atoms with Gasteiger partial charge in [-0.15, -0.1) is 11.3 Å². The molecule has 0 unspecified atom stereocenters. The number of hydrogen-bond acceptors (Lipinski definition) is 6. The van der Waals surface area contributed by atoms with Crippen molar-refractivity contribution < 1.29 is 9.53 Å². The molecule has 29 heavy (non-hydrogen) atoms. The van der Waals surface area contributed by atoms with Gasteiger partial charge in [-0.2, -0.15) is 5.26 Å². The standard InChI is InChI=1S/C22H30N4O2S/c23-13-18(20(27)24-1-2-26-3-5-28-6-4-26)21-25-19(14-29-21)22-10-15-7-16(11-22)9-17(8-15)12-22/h14-18H,1-12H2,(H,24,27)/t15?,16?,17?,18-,22?/m0/s1. The van der Waals surface area contributed by atoms with E-state index in [0.717, 1.165) is 56.3 Å². The molecule has 4 bridgehead atoms. The van der Waals surface area contributed by atoms with E-state index in [1.165, 1.54) is 49.9 Å². The van der Waals surface area contributed by atoms with E-state index in [4.69, 9.17) is 9.72 Å². The summed E-state index contributed by atoms with van der Waals surface area (Å²) in [5.41, 5.74) is 1.38. The van der Waals surface area contributed by atoms with Crippen LogP contribution in [0.4, 0.5) is 0 Å². The predicted octanol–water partition coefficient (Wildman–Crippen LogP) is 2.67. The van der Waals surface area contributed by atoms with Crippen LogP contribution in [0.2, 0.25) is 0 Å². The number of amides is 1. The highest BCUT2D eigenvalue weighted by molar-refractivity contribution is 7.10. The van der Waals surface area contributed by atoms with E-state index in [0.29, 0.717) is 11.6 Å². The Morgan fingerprint density at radius 3 is 2.55 bits per heavy atom. The summed E-state index contributed by atoms with van der Waals surface area (Å²) in [6, 6.07) is 2.20. The molecule has 5 fully saturated rings. The van der Waals surface area contributed by atoms with Gasteiger partial charge in [-0.1, -0.05) is 0 Å². The lowest BCUT2D eigenvalue weighted by atomic mass is 9.49. The van der Waals surface area contributed by atoms with Crippen LogP contribution >= 0.6 is 11.3 Å². The van der Waals surface area contributed by atoms with Crippen molar-refractivity contribution in [2.45, 2.75) is 49.9 Å². The average Bonchev–Trinajstić information content (AvgIpc) is 3.19. The number of nitriles is 1. The van der Waals surface area contributed by atoms with Gasteiger partial charge in [0.2, 0.25) is 5.91 Å². The van der Waals surface area contributed by atoms with E-state index >= 15 is 0 Å². The highest BCUT2D eigenvalue weighted by Crippen LogP contribution is 2.60. The quantitative estimate of drug-likeness (QED) is 0.774. The normalized spacial score (nSPS) is 34.7. The van der Waals surface area contributed by atoms with Gasteiger partial charge in [0.15, 0.2) is 5.92 Å². The first kappa shape index (κ1) is 19.5. The molecule has 1 N–H and O–H groups in total. The molecular formula is C22H30N4O2S. The van der Waals surface area contributed by atoms with Crippen LogP contribution in [-0.4, -0.2) is 55.2 Å². The number of nitrogens with one attached hydrogen (secondary N) is 1. The molecule has 6 nitrogen and oxygen atoms in total. The SMILES string of the molecule is N#C[C@@H](C(=O)NCCN1CCOCC1)c1nc(C23CC4CC(CC(C4)C2)C3)cs1. The first-order valence-corrected chi connectivity index (χ1v) is 12.0. The van der Waals surface area contributed by atoms with Crippen molar-refractivity contribution in [3.63, 3.8) is 0 Å². The van der Waals surface area contributed by atoms with Gasteiger partial charge < -0.3 is 10.1 Å². The smallest absolute Gasteiger partial charge is 0.244 e. The van der Waals surface area contributed by atoms with Crippen LogP contribution in [0, 0.1) is 29.1 Å². The first-order chi connectivity index (χ1) is 14.1. The van der Waals surface area contributed by atoms with Gasteiger partial charge in [0.1, 0.15) is 5.01 Å². The van der Waals surface area contributed by atoms with Crippen molar-refractivity contribution in [3.05, 3.63) is 16.1 Å². The Labute approximate surface area is 176 Å². The summed E-state index contributed by atoms with van der Waals surface area (Å²) in [5, 5.41) is 15.4. The number of hydrogen-bond donors (Lipinski definition) is 1. The fraction of sp³-hybridized carbons (Fsp3) is 0.773.